The van der Waals surface area contributed by atoms with E-state index in [1.54, 1.807) is 6.08 Å². The zero-order valence-corrected chi connectivity index (χ0v) is 13.4. The third-order valence-electron chi connectivity index (χ3n) is 1.33. The Morgan fingerprint density at radius 1 is 1.33 bits per heavy atom. The third-order valence-corrected chi connectivity index (χ3v) is 7.80. The highest BCUT2D eigenvalue weighted by molar-refractivity contribution is 9.17. The highest BCUT2D eigenvalue weighted by Crippen LogP contribution is 2.46. The molecule has 0 radical (unpaired) electrons. The molecule has 1 rings (SSSR count). The van der Waals surface area contributed by atoms with Crippen LogP contribution in [0.5, 0.6) is 0 Å². The molecule has 0 aromatic heterocycles. The van der Waals surface area contributed by atoms with Gasteiger partial charge in [-0.25, -0.2) is 0 Å². The largest absolute Gasteiger partial charge is 0.374 e. The van der Waals surface area contributed by atoms with E-state index >= 15 is 0 Å². The number of hydrogen-bond acceptors (Lipinski definition) is 1. The summed E-state index contributed by atoms with van der Waals surface area (Å²) in [4.78, 5) is -0.194. The summed E-state index contributed by atoms with van der Waals surface area (Å²) < 4.78 is 1.51. The van der Waals surface area contributed by atoms with Crippen LogP contribution in [0.2, 0.25) is 0 Å². The highest BCUT2D eigenvalue weighted by atomic mass is 79.9. The molecule has 1 N–H and O–H groups in total. The number of aliphatic hydroxyl groups is 1. The number of hydrogen-bond donors (Lipinski definition) is 1. The zero-order chi connectivity index (χ0) is 9.52. The standard InChI is InChI=1S/C6H3Br5O/c7-2-1-6(11,12)5(10)4(9)3(2)8/h1,5,12H. The fourth-order valence-corrected chi connectivity index (χ4v) is 4.19. The average molecular weight is 491 g/mol. The minimum atomic E-state index is -1.05. The molecule has 0 aromatic rings. The topological polar surface area (TPSA) is 20.2 Å². The second kappa shape index (κ2) is 4.14. The van der Waals surface area contributed by atoms with Gasteiger partial charge in [-0.2, -0.15) is 0 Å². The second-order valence-corrected chi connectivity index (χ2v) is 6.93. The fourth-order valence-electron chi connectivity index (χ4n) is 0.717. The van der Waals surface area contributed by atoms with Gasteiger partial charge < -0.3 is 5.11 Å². The Bertz CT molecular complexity index is 267. The van der Waals surface area contributed by atoms with Crippen LogP contribution >= 0.6 is 79.6 Å². The summed E-state index contributed by atoms with van der Waals surface area (Å²) in [6.45, 7) is 0. The van der Waals surface area contributed by atoms with Crippen molar-refractivity contribution in [3.05, 3.63) is 19.5 Å². The number of rotatable bonds is 0. The molecule has 0 fully saturated rings. The van der Waals surface area contributed by atoms with E-state index in [1.807, 2.05) is 0 Å². The van der Waals surface area contributed by atoms with Gasteiger partial charge in [0.15, 0.2) is 4.51 Å². The van der Waals surface area contributed by atoms with Crippen molar-refractivity contribution in [2.45, 2.75) is 9.34 Å². The van der Waals surface area contributed by atoms with Crippen molar-refractivity contribution in [1.82, 2.24) is 0 Å². The second-order valence-electron chi connectivity index (χ2n) is 2.24. The van der Waals surface area contributed by atoms with E-state index in [0.717, 1.165) is 13.4 Å². The first kappa shape index (κ1) is 11.9. The number of halogens is 5. The molecule has 0 saturated heterocycles. The predicted molar refractivity (Wildman–Crippen MR) is 68.5 cm³/mol. The van der Waals surface area contributed by atoms with E-state index < -0.39 is 4.51 Å². The summed E-state index contributed by atoms with van der Waals surface area (Å²) in [5.74, 6) is 0. The summed E-state index contributed by atoms with van der Waals surface area (Å²) in [5, 5.41) is 9.78. The van der Waals surface area contributed by atoms with Crippen LogP contribution in [0.3, 0.4) is 0 Å². The molecule has 0 aliphatic heterocycles. The Hall–Kier alpha value is 1.84. The maximum atomic E-state index is 9.78. The van der Waals surface area contributed by atoms with Gasteiger partial charge in [0, 0.05) is 13.4 Å². The highest BCUT2D eigenvalue weighted by Gasteiger charge is 2.37. The van der Waals surface area contributed by atoms with Crippen molar-refractivity contribution in [2.75, 3.05) is 0 Å². The molecule has 6 heteroatoms. The first-order valence-electron chi connectivity index (χ1n) is 2.85. The van der Waals surface area contributed by atoms with E-state index in [9.17, 15) is 5.11 Å². The number of allylic oxidation sites excluding steroid dienone is 2. The molecule has 0 saturated carbocycles. The van der Waals surface area contributed by atoms with Crippen molar-refractivity contribution < 1.29 is 5.11 Å². The molecule has 0 aromatic carbocycles. The van der Waals surface area contributed by atoms with Gasteiger partial charge >= 0.3 is 0 Å². The molecule has 1 aliphatic carbocycles. The fraction of sp³-hybridized carbons (Fsp3) is 0.333. The van der Waals surface area contributed by atoms with Gasteiger partial charge in [0.05, 0.1) is 4.83 Å². The average Bonchev–Trinajstić information content (AvgIpc) is 1.97. The lowest BCUT2D eigenvalue weighted by Gasteiger charge is -2.28. The van der Waals surface area contributed by atoms with E-state index in [0.29, 0.717) is 0 Å². The summed E-state index contributed by atoms with van der Waals surface area (Å²) in [6, 6.07) is 0. The van der Waals surface area contributed by atoms with Gasteiger partial charge in [-0.15, -0.1) is 0 Å². The summed E-state index contributed by atoms with van der Waals surface area (Å²) in [6.07, 6.45) is 1.67. The smallest absolute Gasteiger partial charge is 0.156 e. The molecule has 2 unspecified atom stereocenters. The quantitative estimate of drug-likeness (QED) is 0.507. The van der Waals surface area contributed by atoms with Gasteiger partial charge in [-0.1, -0.05) is 31.9 Å². The Labute approximate surface area is 112 Å². The predicted octanol–water partition coefficient (Wildman–Crippen LogP) is 4.13. The normalized spacial score (nSPS) is 36.8. The Kier molecular flexibility index (Phi) is 4.11. The molecule has 0 bridgehead atoms. The molecule has 12 heavy (non-hydrogen) atoms. The summed E-state index contributed by atoms with van der Waals surface area (Å²) >= 11 is 16.6. The molecule has 1 aliphatic rings. The zero-order valence-electron chi connectivity index (χ0n) is 5.49. The molecule has 0 amide bonds. The van der Waals surface area contributed by atoms with Crippen molar-refractivity contribution in [1.29, 1.82) is 0 Å². The van der Waals surface area contributed by atoms with E-state index in [-0.39, 0.29) is 4.83 Å². The molecule has 0 spiro atoms. The Balaban J connectivity index is 3.15. The van der Waals surface area contributed by atoms with E-state index in [1.165, 1.54) is 0 Å². The van der Waals surface area contributed by atoms with Crippen molar-refractivity contribution in [3.8, 4) is 0 Å². The first-order chi connectivity index (χ1) is 5.36. The molecule has 0 heterocycles. The lowest BCUT2D eigenvalue weighted by atomic mass is 10.1. The Morgan fingerprint density at radius 3 is 2.33 bits per heavy atom. The molecule has 1 nitrogen and oxygen atoms in total. The lowest BCUT2D eigenvalue weighted by Crippen LogP contribution is -2.32. The number of alkyl halides is 2. The Morgan fingerprint density at radius 2 is 1.83 bits per heavy atom. The van der Waals surface area contributed by atoms with Crippen LogP contribution in [0.15, 0.2) is 19.5 Å². The molecular weight excluding hydrogens is 488 g/mol. The molecular formula is C6H3Br5O. The van der Waals surface area contributed by atoms with Gasteiger partial charge in [0.1, 0.15) is 0 Å². The van der Waals surface area contributed by atoms with Gasteiger partial charge in [0.25, 0.3) is 0 Å². The minimum absolute atomic E-state index is 0.194. The van der Waals surface area contributed by atoms with Crippen LogP contribution in [0, 0.1) is 0 Å². The summed E-state index contributed by atoms with van der Waals surface area (Å²) in [7, 11) is 0. The van der Waals surface area contributed by atoms with Crippen LogP contribution in [-0.4, -0.2) is 14.4 Å². The van der Waals surface area contributed by atoms with Crippen LogP contribution in [0.25, 0.3) is 0 Å². The van der Waals surface area contributed by atoms with Crippen molar-refractivity contribution in [3.63, 3.8) is 0 Å². The van der Waals surface area contributed by atoms with Crippen LogP contribution in [-0.2, 0) is 0 Å². The van der Waals surface area contributed by atoms with E-state index in [2.05, 4.69) is 79.6 Å². The lowest BCUT2D eigenvalue weighted by molar-refractivity contribution is 0.203. The van der Waals surface area contributed by atoms with Gasteiger partial charge in [-0.05, 0) is 53.9 Å². The maximum Gasteiger partial charge on any atom is 0.156 e. The first-order valence-corrected chi connectivity index (χ1v) is 6.94. The van der Waals surface area contributed by atoms with Crippen molar-refractivity contribution >= 4 is 79.6 Å². The van der Waals surface area contributed by atoms with Gasteiger partial charge in [0.2, 0.25) is 0 Å². The minimum Gasteiger partial charge on any atom is -0.374 e. The third kappa shape index (κ3) is 2.25. The maximum absolute atomic E-state index is 9.78. The van der Waals surface area contributed by atoms with Crippen LogP contribution < -0.4 is 0 Å². The molecule has 68 valence electrons. The SMILES string of the molecule is OC1(Br)C=C(Br)C(Br)=C(Br)C1Br. The molecule has 2 atom stereocenters. The van der Waals surface area contributed by atoms with Crippen molar-refractivity contribution in [2.24, 2.45) is 0 Å². The van der Waals surface area contributed by atoms with Gasteiger partial charge in [-0.3, -0.25) is 0 Å². The van der Waals surface area contributed by atoms with Crippen LogP contribution in [0.1, 0.15) is 0 Å². The van der Waals surface area contributed by atoms with Crippen LogP contribution in [0.4, 0.5) is 0 Å². The monoisotopic (exact) mass is 486 g/mol. The van der Waals surface area contributed by atoms with E-state index in [4.69, 9.17) is 0 Å². The summed E-state index contributed by atoms with van der Waals surface area (Å²) in [5.41, 5.74) is 0.